The molecule has 13 heavy (non-hydrogen) atoms. The average Bonchev–Trinajstić information content (AvgIpc) is 2.47. The molecular formula is C11H20O2. The lowest BCUT2D eigenvalue weighted by Gasteiger charge is -2.22. The number of ether oxygens (including phenoxy) is 1. The molecule has 1 aliphatic carbocycles. The van der Waals surface area contributed by atoms with Crippen molar-refractivity contribution in [3.63, 3.8) is 0 Å². The van der Waals surface area contributed by atoms with E-state index in [1.165, 1.54) is 39.0 Å². The first-order valence-electron chi connectivity index (χ1n) is 5.26. The van der Waals surface area contributed by atoms with Gasteiger partial charge in [0.1, 0.15) is 0 Å². The van der Waals surface area contributed by atoms with Gasteiger partial charge in [-0.15, -0.1) is 0 Å². The molecule has 0 heterocycles. The summed E-state index contributed by atoms with van der Waals surface area (Å²) >= 11 is 0. The zero-order chi connectivity index (χ0) is 9.73. The minimum atomic E-state index is -0.156. The molecule has 0 bridgehead atoms. The minimum Gasteiger partial charge on any atom is -0.466 e. The van der Waals surface area contributed by atoms with Crippen molar-refractivity contribution in [2.45, 2.75) is 52.4 Å². The Morgan fingerprint density at radius 2 is 2.00 bits per heavy atom. The van der Waals surface area contributed by atoms with Crippen LogP contribution in [0.2, 0.25) is 0 Å². The van der Waals surface area contributed by atoms with Crippen molar-refractivity contribution in [2.24, 2.45) is 5.41 Å². The molecule has 0 aliphatic heterocycles. The maximum Gasteiger partial charge on any atom is 0.302 e. The van der Waals surface area contributed by atoms with E-state index in [-0.39, 0.29) is 5.97 Å². The van der Waals surface area contributed by atoms with Crippen LogP contribution >= 0.6 is 0 Å². The van der Waals surface area contributed by atoms with Gasteiger partial charge in [-0.1, -0.05) is 19.8 Å². The molecule has 2 nitrogen and oxygen atoms in total. The fraction of sp³-hybridized carbons (Fsp3) is 0.909. The molecule has 1 fully saturated rings. The summed E-state index contributed by atoms with van der Waals surface area (Å²) in [7, 11) is 0. The highest BCUT2D eigenvalue weighted by atomic mass is 16.5. The Morgan fingerprint density at radius 3 is 2.54 bits per heavy atom. The Morgan fingerprint density at radius 1 is 1.38 bits per heavy atom. The molecule has 2 heteroatoms. The number of rotatable bonds is 4. The van der Waals surface area contributed by atoms with Crippen LogP contribution in [0.5, 0.6) is 0 Å². The highest BCUT2D eigenvalue weighted by Crippen LogP contribution is 2.41. The maximum atomic E-state index is 10.5. The Hall–Kier alpha value is -0.530. The van der Waals surface area contributed by atoms with Crippen LogP contribution in [0.25, 0.3) is 0 Å². The molecule has 0 aromatic carbocycles. The fourth-order valence-electron chi connectivity index (χ4n) is 2.19. The molecule has 1 rings (SSSR count). The van der Waals surface area contributed by atoms with E-state index in [9.17, 15) is 4.79 Å². The van der Waals surface area contributed by atoms with Gasteiger partial charge >= 0.3 is 5.97 Å². The Labute approximate surface area is 80.7 Å². The van der Waals surface area contributed by atoms with E-state index < -0.39 is 0 Å². The SMILES string of the molecule is CC(=O)OCCCC1(C)CCCC1. The first-order chi connectivity index (χ1) is 6.12. The van der Waals surface area contributed by atoms with Gasteiger partial charge in [0.05, 0.1) is 6.61 Å². The smallest absolute Gasteiger partial charge is 0.302 e. The number of carbonyl (C=O) groups is 1. The molecule has 0 atom stereocenters. The van der Waals surface area contributed by atoms with E-state index >= 15 is 0 Å². The number of esters is 1. The van der Waals surface area contributed by atoms with Crippen molar-refractivity contribution in [3.05, 3.63) is 0 Å². The maximum absolute atomic E-state index is 10.5. The highest BCUT2D eigenvalue weighted by Gasteiger charge is 2.27. The van der Waals surface area contributed by atoms with Gasteiger partial charge in [-0.2, -0.15) is 0 Å². The monoisotopic (exact) mass is 184 g/mol. The Balaban J connectivity index is 2.07. The van der Waals surface area contributed by atoms with Crippen LogP contribution in [-0.2, 0) is 9.53 Å². The molecular weight excluding hydrogens is 164 g/mol. The third-order valence-electron chi connectivity index (χ3n) is 3.04. The van der Waals surface area contributed by atoms with Crippen molar-refractivity contribution in [1.82, 2.24) is 0 Å². The lowest BCUT2D eigenvalue weighted by atomic mass is 9.84. The summed E-state index contributed by atoms with van der Waals surface area (Å²) in [5.74, 6) is -0.156. The van der Waals surface area contributed by atoms with Crippen LogP contribution in [-0.4, -0.2) is 12.6 Å². The molecule has 0 spiro atoms. The molecule has 0 unspecified atom stereocenters. The van der Waals surface area contributed by atoms with Crippen LogP contribution in [0.3, 0.4) is 0 Å². The van der Waals surface area contributed by atoms with E-state index in [2.05, 4.69) is 6.92 Å². The van der Waals surface area contributed by atoms with E-state index in [4.69, 9.17) is 4.74 Å². The Bertz CT molecular complexity index is 169. The number of carbonyl (C=O) groups excluding carboxylic acids is 1. The number of hydrogen-bond acceptors (Lipinski definition) is 2. The van der Waals surface area contributed by atoms with Crippen molar-refractivity contribution in [3.8, 4) is 0 Å². The quantitative estimate of drug-likeness (QED) is 0.496. The summed E-state index contributed by atoms with van der Waals surface area (Å²) in [6.07, 6.45) is 7.70. The van der Waals surface area contributed by atoms with Crippen LogP contribution in [0.15, 0.2) is 0 Å². The molecule has 0 aromatic heterocycles. The van der Waals surface area contributed by atoms with Gasteiger partial charge in [0.2, 0.25) is 0 Å². The van der Waals surface area contributed by atoms with E-state index in [1.807, 2.05) is 0 Å². The van der Waals surface area contributed by atoms with Crippen molar-refractivity contribution < 1.29 is 9.53 Å². The lowest BCUT2D eigenvalue weighted by Crippen LogP contribution is -2.12. The largest absolute Gasteiger partial charge is 0.466 e. The van der Waals surface area contributed by atoms with Gasteiger partial charge < -0.3 is 4.74 Å². The molecule has 0 N–H and O–H groups in total. The van der Waals surface area contributed by atoms with Crippen LogP contribution in [0.1, 0.15) is 52.4 Å². The second-order valence-corrected chi connectivity index (χ2v) is 4.46. The summed E-state index contributed by atoms with van der Waals surface area (Å²) in [5.41, 5.74) is 0.542. The molecule has 1 aliphatic rings. The van der Waals surface area contributed by atoms with Gasteiger partial charge in [0, 0.05) is 6.92 Å². The van der Waals surface area contributed by atoms with E-state index in [1.54, 1.807) is 0 Å². The van der Waals surface area contributed by atoms with Crippen LogP contribution < -0.4 is 0 Å². The second-order valence-electron chi connectivity index (χ2n) is 4.46. The lowest BCUT2D eigenvalue weighted by molar-refractivity contribution is -0.141. The molecule has 0 radical (unpaired) electrons. The summed E-state index contributed by atoms with van der Waals surface area (Å²) in [4.78, 5) is 10.5. The van der Waals surface area contributed by atoms with Crippen LogP contribution in [0, 0.1) is 5.41 Å². The summed E-state index contributed by atoms with van der Waals surface area (Å²) in [6.45, 7) is 4.43. The van der Waals surface area contributed by atoms with Gasteiger partial charge in [-0.05, 0) is 31.1 Å². The zero-order valence-corrected chi connectivity index (χ0v) is 8.77. The topological polar surface area (TPSA) is 26.3 Å². The number of hydrogen-bond donors (Lipinski definition) is 0. The summed E-state index contributed by atoms with van der Waals surface area (Å²) < 4.78 is 4.91. The molecule has 0 saturated heterocycles. The second kappa shape index (κ2) is 4.64. The first-order valence-corrected chi connectivity index (χ1v) is 5.26. The molecule has 0 amide bonds. The van der Waals surface area contributed by atoms with Gasteiger partial charge in [0.25, 0.3) is 0 Å². The Kier molecular flexibility index (Phi) is 3.76. The van der Waals surface area contributed by atoms with Gasteiger partial charge in [-0.3, -0.25) is 4.79 Å². The normalized spacial score (nSPS) is 20.2. The third-order valence-corrected chi connectivity index (χ3v) is 3.04. The molecule has 0 aromatic rings. The van der Waals surface area contributed by atoms with Crippen molar-refractivity contribution >= 4 is 5.97 Å². The average molecular weight is 184 g/mol. The standard InChI is InChI=1S/C11H20O2/c1-10(12)13-9-5-8-11(2)6-3-4-7-11/h3-9H2,1-2H3. The van der Waals surface area contributed by atoms with Crippen LogP contribution in [0.4, 0.5) is 0 Å². The van der Waals surface area contributed by atoms with Crippen molar-refractivity contribution in [1.29, 1.82) is 0 Å². The van der Waals surface area contributed by atoms with E-state index in [0.29, 0.717) is 12.0 Å². The predicted octanol–water partition coefficient (Wildman–Crippen LogP) is 2.91. The highest BCUT2D eigenvalue weighted by molar-refractivity contribution is 5.65. The summed E-state index contributed by atoms with van der Waals surface area (Å²) in [5, 5.41) is 0. The fourth-order valence-corrected chi connectivity index (χ4v) is 2.19. The van der Waals surface area contributed by atoms with Gasteiger partial charge in [-0.25, -0.2) is 0 Å². The van der Waals surface area contributed by atoms with Crippen molar-refractivity contribution in [2.75, 3.05) is 6.61 Å². The van der Waals surface area contributed by atoms with Gasteiger partial charge in [0.15, 0.2) is 0 Å². The minimum absolute atomic E-state index is 0.156. The third kappa shape index (κ3) is 3.79. The molecule has 76 valence electrons. The summed E-state index contributed by atoms with van der Waals surface area (Å²) in [6, 6.07) is 0. The molecule has 1 saturated carbocycles. The predicted molar refractivity (Wildman–Crippen MR) is 52.4 cm³/mol. The first kappa shape index (κ1) is 10.6. The van der Waals surface area contributed by atoms with E-state index in [0.717, 1.165) is 6.42 Å². The zero-order valence-electron chi connectivity index (χ0n) is 8.77.